The Kier molecular flexibility index (Phi) is 11.3. The molecule has 2 aliphatic rings. The topological polar surface area (TPSA) is 106 Å². The number of likely N-dealkylation sites (tertiary alicyclic amines) is 1. The first kappa shape index (κ1) is 33.7. The Labute approximate surface area is 254 Å². The van der Waals surface area contributed by atoms with Gasteiger partial charge >= 0.3 is 12.1 Å². The highest BCUT2D eigenvalue weighted by Gasteiger charge is 2.50. The quantitative estimate of drug-likeness (QED) is 0.206. The Morgan fingerprint density at radius 1 is 1.19 bits per heavy atom. The van der Waals surface area contributed by atoms with Gasteiger partial charge < -0.3 is 28.9 Å². The van der Waals surface area contributed by atoms with Crippen molar-refractivity contribution < 1.29 is 33.4 Å². The number of methoxy groups -OCH3 is 1. The normalized spacial score (nSPS) is 20.8. The van der Waals surface area contributed by atoms with Gasteiger partial charge in [0.1, 0.15) is 5.60 Å². The van der Waals surface area contributed by atoms with Crippen LogP contribution in [0.25, 0.3) is 0 Å². The predicted octanol–water partition coefficient (Wildman–Crippen LogP) is 5.12. The number of piperidine rings is 1. The molecule has 0 bridgehead atoms. The maximum absolute atomic E-state index is 14.1. The van der Waals surface area contributed by atoms with Crippen LogP contribution in [0, 0.1) is 0 Å². The van der Waals surface area contributed by atoms with Gasteiger partial charge in [-0.15, -0.1) is 0 Å². The third-order valence-corrected chi connectivity index (χ3v) is 8.66. The van der Waals surface area contributed by atoms with Crippen LogP contribution in [-0.4, -0.2) is 96.1 Å². The van der Waals surface area contributed by atoms with Gasteiger partial charge in [0, 0.05) is 49.9 Å². The van der Waals surface area contributed by atoms with Crippen LogP contribution in [0.4, 0.5) is 10.5 Å². The van der Waals surface area contributed by atoms with E-state index < -0.39 is 16.3 Å². The van der Waals surface area contributed by atoms with Crippen molar-refractivity contribution in [1.82, 2.24) is 9.80 Å². The lowest BCUT2D eigenvalue weighted by Gasteiger charge is -2.42. The van der Waals surface area contributed by atoms with E-state index in [0.29, 0.717) is 43.9 Å². The molecule has 1 aromatic rings. The minimum atomic E-state index is -1.42. The molecule has 0 aliphatic carbocycles. The van der Waals surface area contributed by atoms with E-state index in [1.54, 1.807) is 42.9 Å². The number of rotatable bonds is 10. The summed E-state index contributed by atoms with van der Waals surface area (Å²) in [6, 6.07) is 5.02. The van der Waals surface area contributed by atoms with E-state index in [1.165, 1.54) is 0 Å². The van der Waals surface area contributed by atoms with Crippen molar-refractivity contribution in [3.63, 3.8) is 0 Å². The number of nitrogens with zero attached hydrogens (tertiary/aromatic N) is 3. The van der Waals surface area contributed by atoms with E-state index in [-0.39, 0.29) is 36.6 Å². The Morgan fingerprint density at radius 3 is 2.52 bits per heavy atom. The number of esters is 1. The first-order valence-electron chi connectivity index (χ1n) is 14.8. The summed E-state index contributed by atoms with van der Waals surface area (Å²) >= 11 is 1.16. The Bertz CT molecular complexity index is 1150. The molecule has 234 valence electrons. The van der Waals surface area contributed by atoms with Crippen LogP contribution in [0.15, 0.2) is 23.1 Å². The van der Waals surface area contributed by atoms with Crippen LogP contribution in [0.2, 0.25) is 0 Å². The highest BCUT2D eigenvalue weighted by molar-refractivity contribution is 8.02. The molecule has 42 heavy (non-hydrogen) atoms. The number of benzene rings is 1. The van der Waals surface area contributed by atoms with Gasteiger partial charge in [-0.05, 0) is 92.3 Å². The molecule has 0 aromatic heterocycles. The van der Waals surface area contributed by atoms with Crippen molar-refractivity contribution in [2.24, 2.45) is 0 Å². The number of hydrogen-bond donors (Lipinski definition) is 0. The van der Waals surface area contributed by atoms with E-state index in [4.69, 9.17) is 14.2 Å². The number of fused-ring (bicyclic) bond motifs is 1. The van der Waals surface area contributed by atoms with Gasteiger partial charge in [-0.1, -0.05) is 11.8 Å². The SMILES string of the molecule is CCOC(=O)C1(C)Sc2ccc(C(=O)N(C(C)C)[C@@H]3CCCN(C(=O)OC(C)(C)C)C3)cc2N(CCCCOC)C1=O. The van der Waals surface area contributed by atoms with Gasteiger partial charge in [0.25, 0.3) is 11.8 Å². The molecule has 1 fully saturated rings. The van der Waals surface area contributed by atoms with Gasteiger partial charge in [0.05, 0.1) is 18.3 Å². The summed E-state index contributed by atoms with van der Waals surface area (Å²) in [6.45, 7) is 14.9. The molecule has 10 nitrogen and oxygen atoms in total. The maximum Gasteiger partial charge on any atom is 0.410 e. The fraction of sp³-hybridized carbons (Fsp3) is 0.677. The van der Waals surface area contributed by atoms with Gasteiger partial charge in [-0.25, -0.2) is 9.59 Å². The molecule has 3 rings (SSSR count). The number of carbonyl (C=O) groups excluding carboxylic acids is 4. The zero-order valence-electron chi connectivity index (χ0n) is 26.4. The van der Waals surface area contributed by atoms with Crippen molar-refractivity contribution >= 4 is 41.3 Å². The molecule has 1 saturated heterocycles. The summed E-state index contributed by atoms with van der Waals surface area (Å²) in [4.78, 5) is 59.5. The van der Waals surface area contributed by atoms with E-state index in [1.807, 2.05) is 45.6 Å². The van der Waals surface area contributed by atoms with Crippen LogP contribution in [0.5, 0.6) is 0 Å². The van der Waals surface area contributed by atoms with Gasteiger partial charge in [0.2, 0.25) is 0 Å². The average Bonchev–Trinajstić information content (AvgIpc) is 2.92. The maximum atomic E-state index is 14.1. The molecule has 0 spiro atoms. The molecule has 11 heteroatoms. The smallest absolute Gasteiger partial charge is 0.410 e. The average molecular weight is 606 g/mol. The fourth-order valence-corrected chi connectivity index (χ4v) is 6.55. The van der Waals surface area contributed by atoms with Crippen LogP contribution >= 0.6 is 11.8 Å². The predicted molar refractivity (Wildman–Crippen MR) is 163 cm³/mol. The lowest BCUT2D eigenvalue weighted by atomic mass is 10.0. The van der Waals surface area contributed by atoms with Gasteiger partial charge in [-0.2, -0.15) is 0 Å². The molecule has 2 aliphatic heterocycles. The summed E-state index contributed by atoms with van der Waals surface area (Å²) < 4.78 is 14.6. The highest BCUT2D eigenvalue weighted by Crippen LogP contribution is 2.46. The molecular formula is C31H47N3O7S. The Hall–Kier alpha value is -2.79. The molecular weight excluding hydrogens is 558 g/mol. The fourth-order valence-electron chi connectivity index (χ4n) is 5.36. The number of anilines is 1. The number of hydrogen-bond acceptors (Lipinski definition) is 8. The molecule has 2 heterocycles. The molecule has 2 atom stereocenters. The zero-order chi connectivity index (χ0) is 31.2. The number of ether oxygens (including phenoxy) is 3. The summed E-state index contributed by atoms with van der Waals surface area (Å²) in [5.74, 6) is -1.11. The van der Waals surface area contributed by atoms with Crippen molar-refractivity contribution in [3.8, 4) is 0 Å². The first-order valence-corrected chi connectivity index (χ1v) is 15.7. The number of thioether (sulfide) groups is 1. The van der Waals surface area contributed by atoms with E-state index >= 15 is 0 Å². The zero-order valence-corrected chi connectivity index (χ0v) is 27.2. The molecule has 0 saturated carbocycles. The monoisotopic (exact) mass is 605 g/mol. The summed E-state index contributed by atoms with van der Waals surface area (Å²) in [7, 11) is 1.63. The Morgan fingerprint density at radius 2 is 1.90 bits per heavy atom. The molecule has 1 unspecified atom stereocenters. The van der Waals surface area contributed by atoms with Gasteiger partial charge in [0.15, 0.2) is 4.75 Å². The van der Waals surface area contributed by atoms with Crippen LogP contribution < -0.4 is 4.90 Å². The number of unbranched alkanes of at least 4 members (excludes halogenated alkanes) is 1. The van der Waals surface area contributed by atoms with Gasteiger partial charge in [-0.3, -0.25) is 9.59 Å². The lowest BCUT2D eigenvalue weighted by molar-refractivity contribution is -0.148. The highest BCUT2D eigenvalue weighted by atomic mass is 32.2. The van der Waals surface area contributed by atoms with Crippen LogP contribution in [0.1, 0.15) is 84.5 Å². The Balaban J connectivity index is 1.92. The minimum absolute atomic E-state index is 0.120. The molecule has 0 radical (unpaired) electrons. The molecule has 1 aromatic carbocycles. The van der Waals surface area contributed by atoms with Crippen LogP contribution in [-0.2, 0) is 23.8 Å². The second-order valence-electron chi connectivity index (χ2n) is 12.2. The second kappa shape index (κ2) is 14.1. The van der Waals surface area contributed by atoms with E-state index in [9.17, 15) is 19.2 Å². The van der Waals surface area contributed by atoms with Crippen molar-refractivity contribution in [2.75, 3.05) is 44.9 Å². The lowest BCUT2D eigenvalue weighted by Crippen LogP contribution is -2.55. The largest absolute Gasteiger partial charge is 0.465 e. The van der Waals surface area contributed by atoms with Crippen molar-refractivity contribution in [2.45, 2.75) is 101 Å². The number of amides is 3. The standard InChI is InChI=1S/C31H47N3O7S/c1-9-40-28(37)31(7)27(36)33(17-10-11-18-39-8)24-19-22(14-15-25(24)42-31)26(35)34(21(2)3)23-13-12-16-32(20-23)29(38)41-30(4,5)6/h14-15,19,21,23H,9-13,16-18,20H2,1-8H3/t23-,31?/m1/s1. The summed E-state index contributed by atoms with van der Waals surface area (Å²) in [5, 5.41) is 0. The third kappa shape index (κ3) is 7.78. The summed E-state index contributed by atoms with van der Waals surface area (Å²) in [5.41, 5.74) is 0.458. The summed E-state index contributed by atoms with van der Waals surface area (Å²) in [6.07, 6.45) is 2.57. The molecule has 0 N–H and O–H groups in total. The molecule has 3 amide bonds. The minimum Gasteiger partial charge on any atom is -0.465 e. The van der Waals surface area contributed by atoms with E-state index in [0.717, 1.165) is 35.9 Å². The van der Waals surface area contributed by atoms with Crippen LogP contribution in [0.3, 0.4) is 0 Å². The third-order valence-electron chi connectivity index (χ3n) is 7.34. The number of carbonyl (C=O) groups is 4. The van der Waals surface area contributed by atoms with Crippen molar-refractivity contribution in [1.29, 1.82) is 0 Å². The second-order valence-corrected chi connectivity index (χ2v) is 13.7. The van der Waals surface area contributed by atoms with Crippen molar-refractivity contribution in [3.05, 3.63) is 23.8 Å². The first-order chi connectivity index (χ1) is 19.7. The van der Waals surface area contributed by atoms with E-state index in [2.05, 4.69) is 0 Å².